The molecule has 0 radical (unpaired) electrons. The molecule has 0 aliphatic heterocycles. The summed E-state index contributed by atoms with van der Waals surface area (Å²) in [6, 6.07) is 5.69. The van der Waals surface area contributed by atoms with Crippen molar-refractivity contribution in [3.05, 3.63) is 43.8 Å². The maximum atomic E-state index is 11.0. The van der Waals surface area contributed by atoms with Crippen molar-refractivity contribution in [2.45, 2.75) is 6.92 Å². The van der Waals surface area contributed by atoms with Crippen molar-refractivity contribution in [2.24, 2.45) is 0 Å². The Morgan fingerprint density at radius 1 is 1.43 bits per heavy atom. The minimum atomic E-state index is -0.0346. The molecule has 1 aromatic heterocycles. The largest absolute Gasteiger partial charge is 0.312 e. The van der Waals surface area contributed by atoms with Gasteiger partial charge in [-0.25, -0.2) is 0 Å². The van der Waals surface area contributed by atoms with E-state index in [1.54, 1.807) is 0 Å². The van der Waals surface area contributed by atoms with Crippen molar-refractivity contribution in [3.63, 3.8) is 0 Å². The van der Waals surface area contributed by atoms with E-state index in [1.165, 1.54) is 11.3 Å². The Morgan fingerprint density at radius 2 is 2.21 bits per heavy atom. The third-order valence-corrected chi connectivity index (χ3v) is 3.08. The highest BCUT2D eigenvalue weighted by Crippen LogP contribution is 2.23. The molecular formula is C10H8ClNOS. The van der Waals surface area contributed by atoms with Gasteiger partial charge in [-0.2, -0.15) is 0 Å². The summed E-state index contributed by atoms with van der Waals surface area (Å²) < 4.78 is 0. The molecule has 2 aromatic rings. The number of aromatic nitrogens is 1. The van der Waals surface area contributed by atoms with Crippen molar-refractivity contribution in [1.82, 2.24) is 4.98 Å². The van der Waals surface area contributed by atoms with E-state index in [4.69, 9.17) is 11.6 Å². The van der Waals surface area contributed by atoms with Gasteiger partial charge < -0.3 is 4.98 Å². The number of rotatable bonds is 1. The zero-order valence-corrected chi connectivity index (χ0v) is 9.08. The van der Waals surface area contributed by atoms with Crippen molar-refractivity contribution in [3.8, 4) is 11.3 Å². The number of H-pyrrole nitrogens is 1. The maximum Gasteiger partial charge on any atom is 0.304 e. The molecular weight excluding hydrogens is 218 g/mol. The first-order chi connectivity index (χ1) is 6.66. The number of nitrogens with one attached hydrogen (secondary N) is 1. The molecule has 1 heterocycles. The van der Waals surface area contributed by atoms with Crippen LogP contribution in [0.5, 0.6) is 0 Å². The van der Waals surface area contributed by atoms with Gasteiger partial charge in [-0.3, -0.25) is 4.79 Å². The summed E-state index contributed by atoms with van der Waals surface area (Å²) in [4.78, 5) is 13.7. The van der Waals surface area contributed by atoms with E-state index in [0.717, 1.165) is 21.8 Å². The normalized spacial score (nSPS) is 10.4. The fourth-order valence-corrected chi connectivity index (χ4v) is 1.94. The molecule has 0 fully saturated rings. The van der Waals surface area contributed by atoms with Gasteiger partial charge in [0, 0.05) is 10.4 Å². The van der Waals surface area contributed by atoms with Crippen LogP contribution in [0, 0.1) is 6.92 Å². The van der Waals surface area contributed by atoms with Crippen LogP contribution < -0.4 is 4.87 Å². The number of halogens is 1. The first kappa shape index (κ1) is 9.49. The molecule has 2 rings (SSSR count). The molecule has 0 unspecified atom stereocenters. The Bertz CT molecular complexity index is 515. The summed E-state index contributed by atoms with van der Waals surface area (Å²) in [5.74, 6) is 0. The van der Waals surface area contributed by atoms with E-state index in [9.17, 15) is 4.79 Å². The van der Waals surface area contributed by atoms with Crippen molar-refractivity contribution < 1.29 is 0 Å². The first-order valence-electron chi connectivity index (χ1n) is 4.11. The molecule has 0 saturated heterocycles. The summed E-state index contributed by atoms with van der Waals surface area (Å²) in [5, 5.41) is 2.55. The minimum absolute atomic E-state index is 0.0346. The van der Waals surface area contributed by atoms with Gasteiger partial charge in [0.2, 0.25) is 0 Å². The molecule has 0 amide bonds. The molecule has 0 bridgehead atoms. The SMILES string of the molecule is Cc1cc(-c2csc(=O)[nH]2)ccc1Cl. The van der Waals surface area contributed by atoms with Gasteiger partial charge in [0.05, 0.1) is 5.69 Å². The molecule has 14 heavy (non-hydrogen) atoms. The second-order valence-electron chi connectivity index (χ2n) is 3.03. The lowest BCUT2D eigenvalue weighted by atomic mass is 10.1. The monoisotopic (exact) mass is 225 g/mol. The Morgan fingerprint density at radius 3 is 2.79 bits per heavy atom. The molecule has 0 aliphatic rings. The smallest absolute Gasteiger partial charge is 0.304 e. The number of thiazole rings is 1. The van der Waals surface area contributed by atoms with Crippen LogP contribution in [0.25, 0.3) is 11.3 Å². The molecule has 0 saturated carbocycles. The summed E-state index contributed by atoms with van der Waals surface area (Å²) in [6.45, 7) is 1.94. The van der Waals surface area contributed by atoms with Crippen molar-refractivity contribution in [2.75, 3.05) is 0 Å². The van der Waals surface area contributed by atoms with Crippen LogP contribution in [0.3, 0.4) is 0 Å². The molecule has 0 aliphatic carbocycles. The third kappa shape index (κ3) is 1.74. The van der Waals surface area contributed by atoms with Crippen LogP contribution in [-0.4, -0.2) is 4.98 Å². The third-order valence-electron chi connectivity index (χ3n) is 1.99. The minimum Gasteiger partial charge on any atom is -0.312 e. The Labute approximate surface area is 90.2 Å². The Kier molecular flexibility index (Phi) is 2.44. The highest BCUT2D eigenvalue weighted by Gasteiger charge is 2.02. The second kappa shape index (κ2) is 3.59. The predicted octanol–water partition coefficient (Wildman–Crippen LogP) is 3.07. The highest BCUT2D eigenvalue weighted by atomic mass is 35.5. The Balaban J connectivity index is 2.52. The van der Waals surface area contributed by atoms with Crippen molar-refractivity contribution >= 4 is 22.9 Å². The van der Waals surface area contributed by atoms with E-state index in [-0.39, 0.29) is 4.87 Å². The molecule has 72 valence electrons. The van der Waals surface area contributed by atoms with Gasteiger partial charge in [0.25, 0.3) is 0 Å². The lowest BCUT2D eigenvalue weighted by molar-refractivity contribution is 1.33. The quantitative estimate of drug-likeness (QED) is 0.795. The lowest BCUT2D eigenvalue weighted by Crippen LogP contribution is -1.92. The van der Waals surface area contributed by atoms with Crippen molar-refractivity contribution in [1.29, 1.82) is 0 Å². The summed E-state index contributed by atoms with van der Waals surface area (Å²) in [7, 11) is 0. The topological polar surface area (TPSA) is 32.9 Å². The van der Waals surface area contributed by atoms with E-state index in [0.29, 0.717) is 0 Å². The average Bonchev–Trinajstić information content (AvgIpc) is 2.57. The average molecular weight is 226 g/mol. The zero-order chi connectivity index (χ0) is 10.1. The summed E-state index contributed by atoms with van der Waals surface area (Å²) in [6.07, 6.45) is 0. The fraction of sp³-hybridized carbons (Fsp3) is 0.100. The molecule has 1 aromatic carbocycles. The van der Waals surface area contributed by atoms with Gasteiger partial charge in [0.15, 0.2) is 0 Å². The molecule has 0 atom stereocenters. The van der Waals surface area contributed by atoms with Crippen LogP contribution in [0.4, 0.5) is 0 Å². The number of aryl methyl sites for hydroxylation is 1. The van der Waals surface area contributed by atoms with Crippen LogP contribution in [0.2, 0.25) is 5.02 Å². The maximum absolute atomic E-state index is 11.0. The van der Waals surface area contributed by atoms with E-state index in [1.807, 2.05) is 30.5 Å². The van der Waals surface area contributed by atoms with Crippen LogP contribution in [-0.2, 0) is 0 Å². The Hall–Kier alpha value is -1.06. The first-order valence-corrected chi connectivity index (χ1v) is 5.37. The number of hydrogen-bond acceptors (Lipinski definition) is 2. The number of hydrogen-bond donors (Lipinski definition) is 1. The summed E-state index contributed by atoms with van der Waals surface area (Å²) in [5.41, 5.74) is 2.85. The van der Waals surface area contributed by atoms with Gasteiger partial charge in [-0.15, -0.1) is 0 Å². The van der Waals surface area contributed by atoms with Crippen LogP contribution >= 0.6 is 22.9 Å². The molecule has 4 heteroatoms. The van der Waals surface area contributed by atoms with E-state index in [2.05, 4.69) is 4.98 Å². The van der Waals surface area contributed by atoms with Gasteiger partial charge in [0.1, 0.15) is 0 Å². The standard InChI is InChI=1S/C10H8ClNOS/c1-6-4-7(2-3-8(6)11)9-5-14-10(13)12-9/h2-5H,1H3,(H,12,13). The van der Waals surface area contributed by atoms with Crippen LogP contribution in [0.1, 0.15) is 5.56 Å². The summed E-state index contributed by atoms with van der Waals surface area (Å²) >= 11 is 7.07. The second-order valence-corrected chi connectivity index (χ2v) is 4.28. The van der Waals surface area contributed by atoms with Gasteiger partial charge in [-0.05, 0) is 30.2 Å². The lowest BCUT2D eigenvalue weighted by Gasteiger charge is -2.00. The van der Waals surface area contributed by atoms with Gasteiger partial charge >= 0.3 is 4.87 Å². The molecule has 1 N–H and O–H groups in total. The molecule has 2 nitrogen and oxygen atoms in total. The zero-order valence-electron chi connectivity index (χ0n) is 7.50. The van der Waals surface area contributed by atoms with E-state index >= 15 is 0 Å². The highest BCUT2D eigenvalue weighted by molar-refractivity contribution is 7.07. The van der Waals surface area contributed by atoms with E-state index < -0.39 is 0 Å². The number of benzene rings is 1. The molecule has 0 spiro atoms. The number of aromatic amines is 1. The van der Waals surface area contributed by atoms with Gasteiger partial charge in [-0.1, -0.05) is 29.0 Å². The van der Waals surface area contributed by atoms with Crippen LogP contribution in [0.15, 0.2) is 28.4 Å². The predicted molar refractivity (Wildman–Crippen MR) is 60.1 cm³/mol. The fourth-order valence-electron chi connectivity index (χ4n) is 1.23.